The van der Waals surface area contributed by atoms with E-state index < -0.39 is 0 Å². The van der Waals surface area contributed by atoms with Gasteiger partial charge in [-0.25, -0.2) is 4.98 Å². The van der Waals surface area contributed by atoms with Crippen LogP contribution in [0.2, 0.25) is 0 Å². The number of pyridine rings is 1. The molecule has 0 saturated carbocycles. The van der Waals surface area contributed by atoms with Crippen LogP contribution in [-0.2, 0) is 4.74 Å². The van der Waals surface area contributed by atoms with Crippen molar-refractivity contribution >= 4 is 28.8 Å². The van der Waals surface area contributed by atoms with Gasteiger partial charge in [-0.05, 0) is 49.0 Å². The van der Waals surface area contributed by atoms with Gasteiger partial charge in [-0.15, -0.1) is 0 Å². The highest BCUT2D eigenvalue weighted by molar-refractivity contribution is 7.80. The highest BCUT2D eigenvalue weighted by Gasteiger charge is 2.13. The normalized spacial score (nSPS) is 15.2. The molecule has 2 N–H and O–H groups in total. The average molecular weight is 372 g/mol. The van der Waals surface area contributed by atoms with E-state index in [1.807, 2.05) is 12.1 Å². The van der Waals surface area contributed by atoms with E-state index in [1.165, 1.54) is 11.3 Å². The van der Waals surface area contributed by atoms with Crippen LogP contribution in [0.3, 0.4) is 0 Å². The monoisotopic (exact) mass is 372 g/mol. The molecule has 138 valence electrons. The Balaban J connectivity index is 1.58. The van der Waals surface area contributed by atoms with Crippen LogP contribution in [0.1, 0.15) is 18.5 Å². The van der Waals surface area contributed by atoms with E-state index in [9.17, 15) is 0 Å². The highest BCUT2D eigenvalue weighted by atomic mass is 32.1. The van der Waals surface area contributed by atoms with Gasteiger partial charge >= 0.3 is 0 Å². The van der Waals surface area contributed by atoms with Gasteiger partial charge in [-0.1, -0.05) is 12.1 Å². The third-order valence-corrected chi connectivity index (χ3v) is 4.56. The molecule has 1 unspecified atom stereocenters. The van der Waals surface area contributed by atoms with E-state index in [0.29, 0.717) is 16.7 Å². The molecule has 7 heteroatoms. The van der Waals surface area contributed by atoms with Gasteiger partial charge in [-0.2, -0.15) is 0 Å². The molecular weight excluding hydrogens is 348 g/mol. The molecule has 1 aromatic heterocycles. The lowest BCUT2D eigenvalue weighted by molar-refractivity contribution is 0.122. The van der Waals surface area contributed by atoms with E-state index in [0.717, 1.165) is 26.3 Å². The maximum Gasteiger partial charge on any atom is 0.174 e. The molecule has 1 atom stereocenters. The summed E-state index contributed by atoms with van der Waals surface area (Å²) in [4.78, 5) is 6.59. The molecule has 0 bridgehead atoms. The number of benzene rings is 1. The topological polar surface area (TPSA) is 58.7 Å². The molecule has 0 amide bonds. The van der Waals surface area contributed by atoms with Gasteiger partial charge in [0.05, 0.1) is 26.4 Å². The molecule has 6 nitrogen and oxygen atoms in total. The summed E-state index contributed by atoms with van der Waals surface area (Å²) >= 11 is 5.41. The predicted octanol–water partition coefficient (Wildman–Crippen LogP) is 2.97. The molecule has 3 rings (SSSR count). The molecule has 2 heterocycles. The minimum absolute atomic E-state index is 0.0726. The van der Waals surface area contributed by atoms with Crippen LogP contribution >= 0.6 is 12.2 Å². The highest BCUT2D eigenvalue weighted by Crippen LogP contribution is 2.22. The van der Waals surface area contributed by atoms with Crippen LogP contribution in [-0.4, -0.2) is 43.5 Å². The molecule has 1 aliphatic rings. The Labute approximate surface area is 159 Å². The van der Waals surface area contributed by atoms with Crippen molar-refractivity contribution in [3.05, 3.63) is 48.2 Å². The number of nitrogens with zero attached hydrogens (tertiary/aromatic N) is 2. The summed E-state index contributed by atoms with van der Waals surface area (Å²) in [6, 6.07) is 12.3. The quantitative estimate of drug-likeness (QED) is 0.783. The van der Waals surface area contributed by atoms with Gasteiger partial charge in [-0.3, -0.25) is 0 Å². The van der Waals surface area contributed by atoms with Gasteiger partial charge in [0.1, 0.15) is 0 Å². The van der Waals surface area contributed by atoms with Crippen LogP contribution in [0.15, 0.2) is 42.6 Å². The Morgan fingerprint density at radius 1 is 1.23 bits per heavy atom. The first-order chi connectivity index (χ1) is 12.7. The van der Waals surface area contributed by atoms with Crippen molar-refractivity contribution in [2.75, 3.05) is 43.6 Å². The van der Waals surface area contributed by atoms with Crippen LogP contribution in [0, 0.1) is 0 Å². The zero-order valence-electron chi connectivity index (χ0n) is 15.1. The van der Waals surface area contributed by atoms with Gasteiger partial charge < -0.3 is 25.0 Å². The maximum atomic E-state index is 5.41. The predicted molar refractivity (Wildman–Crippen MR) is 108 cm³/mol. The summed E-state index contributed by atoms with van der Waals surface area (Å²) < 4.78 is 10.7. The second-order valence-corrected chi connectivity index (χ2v) is 6.47. The van der Waals surface area contributed by atoms with Gasteiger partial charge in [0.2, 0.25) is 0 Å². The Morgan fingerprint density at radius 3 is 2.65 bits per heavy atom. The van der Waals surface area contributed by atoms with Crippen molar-refractivity contribution in [2.45, 2.75) is 13.0 Å². The average Bonchev–Trinajstić information content (AvgIpc) is 2.69. The Kier molecular flexibility index (Phi) is 6.25. The molecule has 0 radical (unpaired) electrons. The smallest absolute Gasteiger partial charge is 0.174 e. The Hall–Kier alpha value is -2.38. The summed E-state index contributed by atoms with van der Waals surface area (Å²) in [5, 5.41) is 6.88. The fraction of sp³-hybridized carbons (Fsp3) is 0.368. The number of morpholine rings is 1. The lowest BCUT2D eigenvalue weighted by atomic mass is 10.1. The van der Waals surface area contributed by atoms with Crippen molar-refractivity contribution in [3.63, 3.8) is 0 Å². The summed E-state index contributed by atoms with van der Waals surface area (Å²) in [7, 11) is 1.61. The van der Waals surface area contributed by atoms with Crippen LogP contribution < -0.4 is 20.3 Å². The second kappa shape index (κ2) is 8.82. The molecule has 1 aliphatic heterocycles. The van der Waals surface area contributed by atoms with Crippen molar-refractivity contribution in [1.29, 1.82) is 0 Å². The van der Waals surface area contributed by atoms with Crippen LogP contribution in [0.5, 0.6) is 5.75 Å². The zero-order chi connectivity index (χ0) is 18.4. The summed E-state index contributed by atoms with van der Waals surface area (Å²) in [5.74, 6) is 1.25. The van der Waals surface area contributed by atoms with E-state index in [1.54, 1.807) is 13.3 Å². The molecule has 0 aliphatic carbocycles. The van der Waals surface area contributed by atoms with E-state index in [-0.39, 0.29) is 6.04 Å². The largest absolute Gasteiger partial charge is 0.493 e. The minimum atomic E-state index is 0.0726. The number of hydrogen-bond donors (Lipinski definition) is 2. The SMILES string of the molecule is COc1cccnc1NC(=S)NC(C)c1ccc(N2CCOCC2)cc1. The summed E-state index contributed by atoms with van der Waals surface area (Å²) in [6.07, 6.45) is 1.70. The van der Waals surface area contributed by atoms with Crippen molar-refractivity contribution in [1.82, 2.24) is 10.3 Å². The van der Waals surface area contributed by atoms with Gasteiger partial charge in [0, 0.05) is 25.0 Å². The minimum Gasteiger partial charge on any atom is -0.493 e. The number of ether oxygens (including phenoxy) is 2. The standard InChI is InChI=1S/C19H24N4O2S/c1-14(21-19(26)22-18-17(24-2)4-3-9-20-18)15-5-7-16(8-6-15)23-10-12-25-13-11-23/h3-9,14H,10-13H2,1-2H3,(H2,20,21,22,26). The lowest BCUT2D eigenvalue weighted by Gasteiger charge is -2.29. The lowest BCUT2D eigenvalue weighted by Crippen LogP contribution is -2.36. The molecule has 2 aromatic rings. The maximum absolute atomic E-state index is 5.41. The third-order valence-electron chi connectivity index (χ3n) is 4.34. The van der Waals surface area contributed by atoms with Crippen LogP contribution in [0.25, 0.3) is 0 Å². The van der Waals surface area contributed by atoms with Gasteiger partial charge in [0.25, 0.3) is 0 Å². The number of nitrogens with one attached hydrogen (secondary N) is 2. The first kappa shape index (κ1) is 18.4. The number of hydrogen-bond acceptors (Lipinski definition) is 5. The van der Waals surface area contributed by atoms with E-state index >= 15 is 0 Å². The number of thiocarbonyl (C=S) groups is 1. The fourth-order valence-electron chi connectivity index (χ4n) is 2.87. The molecular formula is C19H24N4O2S. The van der Waals surface area contributed by atoms with Crippen molar-refractivity contribution < 1.29 is 9.47 Å². The third kappa shape index (κ3) is 4.62. The molecule has 26 heavy (non-hydrogen) atoms. The number of anilines is 2. The molecule has 1 saturated heterocycles. The zero-order valence-corrected chi connectivity index (χ0v) is 15.9. The Morgan fingerprint density at radius 2 is 1.96 bits per heavy atom. The molecule has 1 fully saturated rings. The first-order valence-electron chi connectivity index (χ1n) is 8.66. The van der Waals surface area contributed by atoms with Gasteiger partial charge in [0.15, 0.2) is 16.7 Å². The molecule has 0 spiro atoms. The number of rotatable bonds is 5. The van der Waals surface area contributed by atoms with Crippen molar-refractivity contribution in [2.24, 2.45) is 0 Å². The summed E-state index contributed by atoms with van der Waals surface area (Å²) in [6.45, 7) is 5.53. The number of aromatic nitrogens is 1. The van der Waals surface area contributed by atoms with E-state index in [4.69, 9.17) is 21.7 Å². The fourth-order valence-corrected chi connectivity index (χ4v) is 3.14. The number of methoxy groups -OCH3 is 1. The van der Waals surface area contributed by atoms with Crippen LogP contribution in [0.4, 0.5) is 11.5 Å². The second-order valence-electron chi connectivity index (χ2n) is 6.07. The first-order valence-corrected chi connectivity index (χ1v) is 9.07. The Bertz CT molecular complexity index is 733. The molecule has 1 aromatic carbocycles. The summed E-state index contributed by atoms with van der Waals surface area (Å²) in [5.41, 5.74) is 2.39. The van der Waals surface area contributed by atoms with Crippen molar-refractivity contribution in [3.8, 4) is 5.75 Å². The van der Waals surface area contributed by atoms with E-state index in [2.05, 4.69) is 51.7 Å².